The van der Waals surface area contributed by atoms with Crippen molar-refractivity contribution in [1.82, 2.24) is 24.5 Å². The fourth-order valence-electron chi connectivity index (χ4n) is 2.89. The van der Waals surface area contributed by atoms with Crippen molar-refractivity contribution in [2.45, 2.75) is 27.7 Å². The van der Waals surface area contributed by atoms with E-state index in [1.54, 1.807) is 23.7 Å². The molecule has 0 saturated carbocycles. The number of anilines is 1. The van der Waals surface area contributed by atoms with Crippen LogP contribution < -0.4 is 10.0 Å². The van der Waals surface area contributed by atoms with E-state index < -0.39 is 10.0 Å². The van der Waals surface area contributed by atoms with Gasteiger partial charge in [-0.1, -0.05) is 29.8 Å². The Bertz CT molecular complexity index is 1150. The molecule has 0 aliphatic heterocycles. The van der Waals surface area contributed by atoms with Crippen LogP contribution in [0.15, 0.2) is 41.8 Å². The lowest BCUT2D eigenvalue weighted by Crippen LogP contribution is -2.27. The smallest absolute Gasteiger partial charge is 0.233 e. The highest BCUT2D eigenvalue weighted by Crippen LogP contribution is 2.13. The first kappa shape index (κ1) is 21.7. The number of nitrogens with zero attached hydrogens (tertiary/aromatic N) is 4. The zero-order valence-corrected chi connectivity index (χ0v) is 18.4. The van der Waals surface area contributed by atoms with Gasteiger partial charge in [0.15, 0.2) is 5.82 Å². The minimum atomic E-state index is -3.52. The lowest BCUT2D eigenvalue weighted by molar-refractivity contribution is 0.592. The van der Waals surface area contributed by atoms with Gasteiger partial charge < -0.3 is 5.32 Å². The molecule has 2 N–H and O–H groups in total. The number of sulfonamides is 1. The van der Waals surface area contributed by atoms with Gasteiger partial charge in [0.1, 0.15) is 11.6 Å². The summed E-state index contributed by atoms with van der Waals surface area (Å²) >= 11 is 0. The highest BCUT2D eigenvalue weighted by atomic mass is 32.2. The van der Waals surface area contributed by atoms with Gasteiger partial charge in [-0.3, -0.25) is 0 Å². The predicted molar refractivity (Wildman–Crippen MR) is 119 cm³/mol. The molecule has 2 aromatic heterocycles. The molecule has 0 unspecified atom stereocenters. The first-order chi connectivity index (χ1) is 14.2. The standard InChI is InChI=1S/C21H26N6O2S/c1-15-5-7-19(8-6-15)9-12-30(28,29)23-11-10-22-20-14-21(25-18(4)24-20)27-17(3)13-16(2)26-27/h5-9,12-14,23H,10-11H2,1-4H3,(H,22,24,25)/b12-9+. The second-order valence-corrected chi connectivity index (χ2v) is 8.73. The topological polar surface area (TPSA) is 102 Å². The van der Waals surface area contributed by atoms with Gasteiger partial charge in [0.2, 0.25) is 10.0 Å². The maximum atomic E-state index is 12.2. The molecule has 3 aromatic rings. The summed E-state index contributed by atoms with van der Waals surface area (Å²) in [4.78, 5) is 8.79. The molecule has 0 aliphatic carbocycles. The van der Waals surface area contributed by atoms with Crippen LogP contribution in [-0.4, -0.2) is 41.3 Å². The third-order valence-corrected chi connectivity index (χ3v) is 5.40. The Kier molecular flexibility index (Phi) is 6.63. The van der Waals surface area contributed by atoms with E-state index in [2.05, 4.69) is 25.1 Å². The van der Waals surface area contributed by atoms with Crippen molar-refractivity contribution >= 4 is 21.9 Å². The molecule has 0 aliphatic rings. The summed E-state index contributed by atoms with van der Waals surface area (Å²) in [5.41, 5.74) is 3.84. The van der Waals surface area contributed by atoms with E-state index >= 15 is 0 Å². The Morgan fingerprint density at radius 3 is 2.40 bits per heavy atom. The van der Waals surface area contributed by atoms with Crippen molar-refractivity contribution in [3.05, 3.63) is 70.1 Å². The zero-order valence-electron chi connectivity index (χ0n) is 17.5. The summed E-state index contributed by atoms with van der Waals surface area (Å²) < 4.78 is 28.6. The molecule has 0 spiro atoms. The normalized spacial score (nSPS) is 11.9. The van der Waals surface area contributed by atoms with E-state index in [0.717, 1.165) is 22.5 Å². The average Bonchev–Trinajstić information content (AvgIpc) is 3.03. The van der Waals surface area contributed by atoms with E-state index in [1.165, 1.54) is 5.41 Å². The molecular formula is C21H26N6O2S. The molecule has 158 valence electrons. The summed E-state index contributed by atoms with van der Waals surface area (Å²) in [6.45, 7) is 8.28. The summed E-state index contributed by atoms with van der Waals surface area (Å²) in [6.07, 6.45) is 1.57. The Labute approximate surface area is 177 Å². The Balaban J connectivity index is 1.57. The molecule has 8 nitrogen and oxygen atoms in total. The van der Waals surface area contributed by atoms with Crippen LogP contribution in [0.1, 0.15) is 28.3 Å². The molecule has 9 heteroatoms. The summed E-state index contributed by atoms with van der Waals surface area (Å²) in [7, 11) is -3.52. The Hall–Kier alpha value is -3.04. The summed E-state index contributed by atoms with van der Waals surface area (Å²) in [6, 6.07) is 11.4. The van der Waals surface area contributed by atoms with E-state index in [0.29, 0.717) is 24.0 Å². The van der Waals surface area contributed by atoms with Gasteiger partial charge >= 0.3 is 0 Å². The average molecular weight is 427 g/mol. The first-order valence-corrected chi connectivity index (χ1v) is 11.1. The summed E-state index contributed by atoms with van der Waals surface area (Å²) in [5, 5.41) is 8.75. The number of nitrogens with one attached hydrogen (secondary N) is 2. The molecular weight excluding hydrogens is 400 g/mol. The third-order valence-electron chi connectivity index (χ3n) is 4.30. The van der Waals surface area contributed by atoms with E-state index in [9.17, 15) is 8.42 Å². The van der Waals surface area contributed by atoms with Gasteiger partial charge in [0, 0.05) is 30.3 Å². The molecule has 30 heavy (non-hydrogen) atoms. The van der Waals surface area contributed by atoms with Crippen LogP contribution >= 0.6 is 0 Å². The van der Waals surface area contributed by atoms with Crippen LogP contribution in [0.4, 0.5) is 5.82 Å². The maximum Gasteiger partial charge on any atom is 0.233 e. The Morgan fingerprint density at radius 1 is 1.00 bits per heavy atom. The van der Waals surface area contributed by atoms with Gasteiger partial charge in [-0.25, -0.2) is 27.8 Å². The number of benzene rings is 1. The maximum absolute atomic E-state index is 12.2. The van der Waals surface area contributed by atoms with Crippen LogP contribution in [0.3, 0.4) is 0 Å². The van der Waals surface area contributed by atoms with E-state index in [4.69, 9.17) is 0 Å². The molecule has 0 amide bonds. The van der Waals surface area contributed by atoms with E-state index in [-0.39, 0.29) is 6.54 Å². The molecule has 0 atom stereocenters. The van der Waals surface area contributed by atoms with Gasteiger partial charge in [-0.15, -0.1) is 0 Å². The fraction of sp³-hybridized carbons (Fsp3) is 0.286. The van der Waals surface area contributed by atoms with Gasteiger partial charge in [0.05, 0.1) is 5.69 Å². The molecule has 1 aromatic carbocycles. The van der Waals surface area contributed by atoms with E-state index in [1.807, 2.05) is 51.1 Å². The van der Waals surface area contributed by atoms with Crippen molar-refractivity contribution in [3.63, 3.8) is 0 Å². The molecule has 3 rings (SSSR count). The quantitative estimate of drug-likeness (QED) is 0.537. The molecule has 2 heterocycles. The number of hydrogen-bond donors (Lipinski definition) is 2. The van der Waals surface area contributed by atoms with Crippen molar-refractivity contribution in [2.75, 3.05) is 18.4 Å². The van der Waals surface area contributed by atoms with Crippen LogP contribution in [0, 0.1) is 27.7 Å². The number of rotatable bonds is 8. The molecule has 0 saturated heterocycles. The number of hydrogen-bond acceptors (Lipinski definition) is 6. The highest BCUT2D eigenvalue weighted by molar-refractivity contribution is 7.92. The SMILES string of the molecule is Cc1ccc(/C=C/S(=O)(=O)NCCNc2cc(-n3nc(C)cc3C)nc(C)n2)cc1. The van der Waals surface area contributed by atoms with Crippen LogP contribution in [0.25, 0.3) is 11.9 Å². The molecule has 0 bridgehead atoms. The summed E-state index contributed by atoms with van der Waals surface area (Å²) in [5.74, 6) is 1.88. The zero-order chi connectivity index (χ0) is 21.7. The van der Waals surface area contributed by atoms with Crippen LogP contribution in [-0.2, 0) is 10.0 Å². The highest BCUT2D eigenvalue weighted by Gasteiger charge is 2.09. The van der Waals surface area contributed by atoms with Crippen LogP contribution in [0.5, 0.6) is 0 Å². The molecule has 0 fully saturated rings. The third kappa shape index (κ3) is 5.98. The lowest BCUT2D eigenvalue weighted by atomic mass is 10.2. The minimum absolute atomic E-state index is 0.221. The van der Waals surface area contributed by atoms with Crippen molar-refractivity contribution < 1.29 is 8.42 Å². The van der Waals surface area contributed by atoms with Gasteiger partial charge in [-0.2, -0.15) is 5.10 Å². The second kappa shape index (κ2) is 9.19. The van der Waals surface area contributed by atoms with Gasteiger partial charge in [-0.05, 0) is 45.4 Å². The number of aryl methyl sites for hydroxylation is 4. The second-order valence-electron chi connectivity index (χ2n) is 7.08. The van der Waals surface area contributed by atoms with Crippen molar-refractivity contribution in [1.29, 1.82) is 0 Å². The van der Waals surface area contributed by atoms with Crippen LogP contribution in [0.2, 0.25) is 0 Å². The van der Waals surface area contributed by atoms with Crippen molar-refractivity contribution in [3.8, 4) is 5.82 Å². The number of aromatic nitrogens is 4. The predicted octanol–water partition coefficient (Wildman–Crippen LogP) is 2.90. The lowest BCUT2D eigenvalue weighted by Gasteiger charge is -2.10. The van der Waals surface area contributed by atoms with Crippen molar-refractivity contribution in [2.24, 2.45) is 0 Å². The molecule has 0 radical (unpaired) electrons. The fourth-order valence-corrected chi connectivity index (χ4v) is 3.71. The Morgan fingerprint density at radius 2 is 1.73 bits per heavy atom. The minimum Gasteiger partial charge on any atom is -0.369 e. The van der Waals surface area contributed by atoms with Gasteiger partial charge in [0.25, 0.3) is 0 Å². The largest absolute Gasteiger partial charge is 0.369 e. The monoisotopic (exact) mass is 426 g/mol. The first-order valence-electron chi connectivity index (χ1n) is 9.59.